The van der Waals surface area contributed by atoms with Crippen molar-refractivity contribution in [3.63, 3.8) is 0 Å². The van der Waals surface area contributed by atoms with Gasteiger partial charge in [-0.1, -0.05) is 13.3 Å². The Morgan fingerprint density at radius 3 is 2.40 bits per heavy atom. The van der Waals surface area contributed by atoms with Crippen LogP contribution in [0.5, 0.6) is 0 Å². The molecule has 2 heteroatoms. The van der Waals surface area contributed by atoms with Gasteiger partial charge in [-0.2, -0.15) is 0 Å². The first kappa shape index (κ1) is 8.02. The van der Waals surface area contributed by atoms with Gasteiger partial charge in [0, 0.05) is 13.1 Å². The predicted molar refractivity (Wildman–Crippen MR) is 41.7 cm³/mol. The van der Waals surface area contributed by atoms with Crippen LogP contribution < -0.4 is 0 Å². The fourth-order valence-electron chi connectivity index (χ4n) is 1.47. The molecule has 0 aromatic heterocycles. The summed E-state index contributed by atoms with van der Waals surface area (Å²) in [6, 6.07) is 0. The molecule has 0 bridgehead atoms. The first-order valence-corrected chi connectivity index (χ1v) is 4.26. The number of hydrogen-bond acceptors (Lipinski definition) is 2. The highest BCUT2D eigenvalue weighted by Crippen LogP contribution is 2.11. The smallest absolute Gasteiger partial charge is 0.107 e. The van der Waals surface area contributed by atoms with Crippen molar-refractivity contribution in [2.45, 2.75) is 38.8 Å². The summed E-state index contributed by atoms with van der Waals surface area (Å²) < 4.78 is 0. The minimum atomic E-state index is -0.180. The van der Waals surface area contributed by atoms with Crippen LogP contribution in [0.2, 0.25) is 0 Å². The number of piperidine rings is 1. The van der Waals surface area contributed by atoms with E-state index in [-0.39, 0.29) is 6.23 Å². The van der Waals surface area contributed by atoms with E-state index in [9.17, 15) is 5.11 Å². The van der Waals surface area contributed by atoms with Crippen LogP contribution in [0.3, 0.4) is 0 Å². The molecule has 1 N–H and O–H groups in total. The fourth-order valence-corrected chi connectivity index (χ4v) is 1.47. The van der Waals surface area contributed by atoms with E-state index in [1.54, 1.807) is 0 Å². The third-order valence-electron chi connectivity index (χ3n) is 2.18. The highest BCUT2D eigenvalue weighted by Gasteiger charge is 2.15. The van der Waals surface area contributed by atoms with Crippen LogP contribution in [-0.2, 0) is 0 Å². The molecule has 1 fully saturated rings. The topological polar surface area (TPSA) is 23.5 Å². The molecular weight excluding hydrogens is 126 g/mol. The van der Waals surface area contributed by atoms with Crippen LogP contribution in [0.25, 0.3) is 0 Å². The Hall–Kier alpha value is -0.0800. The average molecular weight is 143 g/mol. The lowest BCUT2D eigenvalue weighted by Gasteiger charge is -2.30. The third-order valence-corrected chi connectivity index (χ3v) is 2.18. The molecule has 2 nitrogen and oxygen atoms in total. The van der Waals surface area contributed by atoms with Crippen molar-refractivity contribution in [1.29, 1.82) is 0 Å². The molecular formula is C8H17NO. The van der Waals surface area contributed by atoms with Gasteiger partial charge >= 0.3 is 0 Å². The van der Waals surface area contributed by atoms with Crippen molar-refractivity contribution in [1.82, 2.24) is 4.90 Å². The normalized spacial score (nSPS) is 24.6. The van der Waals surface area contributed by atoms with E-state index in [0.717, 1.165) is 19.5 Å². The monoisotopic (exact) mass is 143 g/mol. The molecule has 0 aromatic carbocycles. The molecule has 60 valence electrons. The number of aliphatic hydroxyl groups excluding tert-OH is 1. The standard InChI is InChI=1S/C8H17NO/c1-2-8(10)9-6-4-3-5-7-9/h8,10H,2-7H2,1H3/t8-/m1/s1. The molecule has 0 spiro atoms. The van der Waals surface area contributed by atoms with Crippen molar-refractivity contribution in [2.24, 2.45) is 0 Å². The maximum Gasteiger partial charge on any atom is 0.107 e. The summed E-state index contributed by atoms with van der Waals surface area (Å²) in [5.41, 5.74) is 0. The largest absolute Gasteiger partial charge is 0.378 e. The third kappa shape index (κ3) is 1.96. The molecule has 0 radical (unpaired) electrons. The summed E-state index contributed by atoms with van der Waals surface area (Å²) in [6.45, 7) is 4.21. The molecule has 0 aliphatic carbocycles. The van der Waals surface area contributed by atoms with Gasteiger partial charge in [0.2, 0.25) is 0 Å². The number of rotatable bonds is 2. The highest BCUT2D eigenvalue weighted by molar-refractivity contribution is 4.65. The van der Waals surface area contributed by atoms with Crippen LogP contribution in [-0.4, -0.2) is 29.3 Å². The van der Waals surface area contributed by atoms with E-state index in [1.807, 2.05) is 6.92 Å². The second kappa shape index (κ2) is 3.94. The van der Waals surface area contributed by atoms with Crippen molar-refractivity contribution in [2.75, 3.05) is 13.1 Å². The Bertz CT molecular complexity index is 89.3. The van der Waals surface area contributed by atoms with Crippen LogP contribution in [0.15, 0.2) is 0 Å². The van der Waals surface area contributed by atoms with Crippen molar-refractivity contribution in [3.05, 3.63) is 0 Å². The molecule has 0 unspecified atom stereocenters. The fraction of sp³-hybridized carbons (Fsp3) is 1.00. The summed E-state index contributed by atoms with van der Waals surface area (Å²) in [7, 11) is 0. The molecule has 1 rings (SSSR count). The van der Waals surface area contributed by atoms with Gasteiger partial charge in [0.05, 0.1) is 0 Å². The van der Waals surface area contributed by atoms with Gasteiger partial charge < -0.3 is 5.11 Å². The molecule has 1 heterocycles. The average Bonchev–Trinajstić information content (AvgIpc) is 2.05. The van der Waals surface area contributed by atoms with Gasteiger partial charge in [0.1, 0.15) is 6.23 Å². The van der Waals surface area contributed by atoms with Gasteiger partial charge in [-0.05, 0) is 19.3 Å². The van der Waals surface area contributed by atoms with E-state index < -0.39 is 0 Å². The van der Waals surface area contributed by atoms with Crippen molar-refractivity contribution >= 4 is 0 Å². The predicted octanol–water partition coefficient (Wildman–Crippen LogP) is 1.20. The van der Waals surface area contributed by atoms with Crippen LogP contribution in [0, 0.1) is 0 Å². The SMILES string of the molecule is CC[C@@H](O)N1CCCCC1. The highest BCUT2D eigenvalue weighted by atomic mass is 16.3. The van der Waals surface area contributed by atoms with Gasteiger partial charge in [-0.15, -0.1) is 0 Å². The molecule has 1 aliphatic heterocycles. The lowest BCUT2D eigenvalue weighted by molar-refractivity contribution is -0.00986. The van der Waals surface area contributed by atoms with Gasteiger partial charge in [-0.3, -0.25) is 4.90 Å². The Morgan fingerprint density at radius 2 is 1.90 bits per heavy atom. The summed E-state index contributed by atoms with van der Waals surface area (Å²) in [5, 5.41) is 9.41. The van der Waals surface area contributed by atoms with E-state index in [0.29, 0.717) is 0 Å². The van der Waals surface area contributed by atoms with Crippen LogP contribution in [0.4, 0.5) is 0 Å². The zero-order valence-corrected chi connectivity index (χ0v) is 6.71. The Kier molecular flexibility index (Phi) is 3.16. The van der Waals surface area contributed by atoms with Crippen LogP contribution in [0.1, 0.15) is 32.6 Å². The minimum Gasteiger partial charge on any atom is -0.378 e. The van der Waals surface area contributed by atoms with E-state index in [2.05, 4.69) is 4.90 Å². The number of nitrogens with zero attached hydrogens (tertiary/aromatic N) is 1. The van der Waals surface area contributed by atoms with Gasteiger partial charge in [0.15, 0.2) is 0 Å². The maximum absolute atomic E-state index is 9.41. The van der Waals surface area contributed by atoms with E-state index in [4.69, 9.17) is 0 Å². The first-order chi connectivity index (χ1) is 4.84. The number of hydrogen-bond donors (Lipinski definition) is 1. The first-order valence-electron chi connectivity index (χ1n) is 4.26. The van der Waals surface area contributed by atoms with Crippen LogP contribution >= 0.6 is 0 Å². The summed E-state index contributed by atoms with van der Waals surface area (Å²) >= 11 is 0. The van der Waals surface area contributed by atoms with E-state index in [1.165, 1.54) is 19.3 Å². The van der Waals surface area contributed by atoms with Crippen molar-refractivity contribution < 1.29 is 5.11 Å². The Labute approximate surface area is 62.8 Å². The zero-order valence-electron chi connectivity index (χ0n) is 6.71. The second-order valence-corrected chi connectivity index (χ2v) is 2.99. The molecule has 1 aliphatic rings. The summed E-state index contributed by atoms with van der Waals surface area (Å²) in [4.78, 5) is 2.17. The molecule has 0 saturated carbocycles. The lowest BCUT2D eigenvalue weighted by Crippen LogP contribution is -2.38. The zero-order chi connectivity index (χ0) is 7.40. The summed E-state index contributed by atoms with van der Waals surface area (Å²) in [5.74, 6) is 0. The van der Waals surface area contributed by atoms with Gasteiger partial charge in [0.25, 0.3) is 0 Å². The Morgan fingerprint density at radius 1 is 1.30 bits per heavy atom. The molecule has 1 atom stereocenters. The van der Waals surface area contributed by atoms with Crippen molar-refractivity contribution in [3.8, 4) is 0 Å². The molecule has 10 heavy (non-hydrogen) atoms. The number of likely N-dealkylation sites (tertiary alicyclic amines) is 1. The molecule has 1 saturated heterocycles. The second-order valence-electron chi connectivity index (χ2n) is 2.99. The lowest BCUT2D eigenvalue weighted by atomic mass is 10.1. The molecule has 0 aromatic rings. The minimum absolute atomic E-state index is 0.180. The maximum atomic E-state index is 9.41. The summed E-state index contributed by atoms with van der Waals surface area (Å²) in [6.07, 6.45) is 4.54. The van der Waals surface area contributed by atoms with Gasteiger partial charge in [-0.25, -0.2) is 0 Å². The number of aliphatic hydroxyl groups is 1. The van der Waals surface area contributed by atoms with E-state index >= 15 is 0 Å². The molecule has 0 amide bonds. The Balaban J connectivity index is 2.24. The quantitative estimate of drug-likeness (QED) is 0.628.